The molecule has 2 heterocycles. The van der Waals surface area contributed by atoms with E-state index < -0.39 is 6.04 Å². The van der Waals surface area contributed by atoms with Gasteiger partial charge in [0, 0.05) is 53.1 Å². The first-order valence-corrected chi connectivity index (χ1v) is 15.3. The molecule has 7 heteroatoms. The van der Waals surface area contributed by atoms with E-state index in [0.717, 1.165) is 63.5 Å². The average Bonchev–Trinajstić information content (AvgIpc) is 3.61. The van der Waals surface area contributed by atoms with E-state index in [1.54, 1.807) is 6.92 Å². The molecule has 0 radical (unpaired) electrons. The summed E-state index contributed by atoms with van der Waals surface area (Å²) in [6, 6.07) is 25.8. The third-order valence-corrected chi connectivity index (χ3v) is 8.02. The molecule has 7 nitrogen and oxygen atoms in total. The molecule has 1 atom stereocenters. The monoisotopic (exact) mass is 576 g/mol. The van der Waals surface area contributed by atoms with Crippen molar-refractivity contribution in [2.24, 2.45) is 0 Å². The van der Waals surface area contributed by atoms with Crippen molar-refractivity contribution in [2.75, 3.05) is 6.54 Å². The van der Waals surface area contributed by atoms with Gasteiger partial charge in [-0.05, 0) is 61.4 Å². The predicted molar refractivity (Wildman–Crippen MR) is 173 cm³/mol. The largest absolute Gasteiger partial charge is 0.361 e. The Bertz CT molecular complexity index is 1680. The van der Waals surface area contributed by atoms with Gasteiger partial charge in [-0.15, -0.1) is 0 Å². The topological polar surface area (TPSA) is 107 Å². The van der Waals surface area contributed by atoms with Crippen LogP contribution >= 0.6 is 0 Å². The quantitative estimate of drug-likeness (QED) is 0.105. The Morgan fingerprint density at radius 1 is 0.767 bits per heavy atom. The lowest BCUT2D eigenvalue weighted by molar-refractivity contribution is -0.129. The van der Waals surface area contributed by atoms with Crippen LogP contribution in [0.5, 0.6) is 0 Å². The number of carbonyl (C=O) groups excluding carboxylic acids is 3. The molecule has 5 rings (SSSR count). The van der Waals surface area contributed by atoms with E-state index in [1.165, 1.54) is 0 Å². The minimum atomic E-state index is -0.621. The van der Waals surface area contributed by atoms with E-state index in [1.807, 2.05) is 60.8 Å². The van der Waals surface area contributed by atoms with Gasteiger partial charge in [-0.3, -0.25) is 9.59 Å². The smallest absolute Gasteiger partial charge is 0.242 e. The summed E-state index contributed by atoms with van der Waals surface area (Å²) < 4.78 is 0. The first-order chi connectivity index (χ1) is 21.0. The van der Waals surface area contributed by atoms with E-state index >= 15 is 0 Å². The molecule has 5 aromatic rings. The molecule has 0 bridgehead atoms. The molecular weight excluding hydrogens is 536 g/mol. The molecule has 0 aliphatic rings. The van der Waals surface area contributed by atoms with E-state index in [9.17, 15) is 14.4 Å². The normalized spacial score (nSPS) is 11.9. The fourth-order valence-electron chi connectivity index (χ4n) is 5.77. The summed E-state index contributed by atoms with van der Waals surface area (Å²) >= 11 is 0. The molecule has 43 heavy (non-hydrogen) atoms. The standard InChI is InChI=1S/C36H40N4O3/c1-25(41)12-4-2-7-19-33(39-34(42)21-20-27-24-38-31-17-10-8-15-28(27)31)36(43)37-23-22-30-29-16-9-11-18-32(29)40-35(30)26-13-5-3-6-14-26/h3,5-6,8-11,13-18,24,33,38,40H,2,4,7,12,19-23H2,1H3,(H,37,43)(H,39,42)/t33-/m0/s1. The molecule has 0 spiro atoms. The van der Waals surface area contributed by atoms with Gasteiger partial charge in [-0.2, -0.15) is 0 Å². The number of rotatable bonds is 15. The summed E-state index contributed by atoms with van der Waals surface area (Å²) in [6.45, 7) is 2.05. The number of aromatic nitrogens is 2. The molecule has 0 saturated carbocycles. The number of amides is 2. The van der Waals surface area contributed by atoms with Crippen LogP contribution in [-0.2, 0) is 27.2 Å². The molecule has 0 saturated heterocycles. The first-order valence-electron chi connectivity index (χ1n) is 15.3. The maximum atomic E-state index is 13.4. The highest BCUT2D eigenvalue weighted by Crippen LogP contribution is 2.30. The van der Waals surface area contributed by atoms with Crippen molar-refractivity contribution >= 4 is 39.4 Å². The number of fused-ring (bicyclic) bond motifs is 2. The second-order valence-corrected chi connectivity index (χ2v) is 11.2. The number of aryl methyl sites for hydroxylation is 1. The van der Waals surface area contributed by atoms with Gasteiger partial charge in [0.25, 0.3) is 0 Å². The number of carbonyl (C=O) groups is 3. The summed E-state index contributed by atoms with van der Waals surface area (Å²) in [4.78, 5) is 44.6. The predicted octanol–water partition coefficient (Wildman–Crippen LogP) is 6.63. The SMILES string of the molecule is CC(=O)CCCCC[C@H](NC(=O)CCc1c[nH]c2ccccc12)C(=O)NCCc1c(-c2ccccc2)[nH]c2ccccc12. The number of ketones is 1. The summed E-state index contributed by atoms with van der Waals surface area (Å²) in [5.41, 5.74) is 6.52. The maximum Gasteiger partial charge on any atom is 0.242 e. The average molecular weight is 577 g/mol. The molecule has 3 aromatic carbocycles. The van der Waals surface area contributed by atoms with Gasteiger partial charge in [0.2, 0.25) is 11.8 Å². The number of hydrogen-bond acceptors (Lipinski definition) is 3. The fraction of sp³-hybridized carbons (Fsp3) is 0.306. The van der Waals surface area contributed by atoms with Crippen molar-refractivity contribution in [3.63, 3.8) is 0 Å². The zero-order valence-corrected chi connectivity index (χ0v) is 24.7. The molecule has 0 fully saturated rings. The van der Waals surface area contributed by atoms with Gasteiger partial charge in [0.15, 0.2) is 0 Å². The maximum absolute atomic E-state index is 13.4. The van der Waals surface area contributed by atoms with Crippen molar-refractivity contribution in [1.82, 2.24) is 20.6 Å². The van der Waals surface area contributed by atoms with Crippen LogP contribution in [0.15, 0.2) is 85.1 Å². The molecular formula is C36H40N4O3. The summed E-state index contributed by atoms with van der Waals surface area (Å²) in [7, 11) is 0. The molecule has 2 amide bonds. The number of aromatic amines is 2. The van der Waals surface area contributed by atoms with Crippen LogP contribution in [0.3, 0.4) is 0 Å². The lowest BCUT2D eigenvalue weighted by Gasteiger charge is -2.19. The van der Waals surface area contributed by atoms with Gasteiger partial charge >= 0.3 is 0 Å². The molecule has 222 valence electrons. The Morgan fingerprint density at radius 3 is 2.28 bits per heavy atom. The number of para-hydroxylation sites is 2. The number of hydrogen-bond donors (Lipinski definition) is 4. The highest BCUT2D eigenvalue weighted by molar-refractivity contribution is 5.91. The van der Waals surface area contributed by atoms with Crippen LogP contribution < -0.4 is 10.6 Å². The summed E-state index contributed by atoms with van der Waals surface area (Å²) in [5, 5.41) is 8.35. The van der Waals surface area contributed by atoms with Gasteiger partial charge in [-0.25, -0.2) is 0 Å². The second kappa shape index (κ2) is 14.5. The third-order valence-electron chi connectivity index (χ3n) is 8.02. The zero-order valence-electron chi connectivity index (χ0n) is 24.7. The number of H-pyrrole nitrogens is 2. The molecule has 0 aliphatic carbocycles. The minimum Gasteiger partial charge on any atom is -0.361 e. The zero-order chi connectivity index (χ0) is 30.0. The number of Topliss-reactive ketones (excluding diaryl/α,β-unsaturated/α-hetero) is 1. The van der Waals surface area contributed by atoms with Crippen molar-refractivity contribution < 1.29 is 14.4 Å². The number of nitrogens with one attached hydrogen (secondary N) is 4. The minimum absolute atomic E-state index is 0.142. The van der Waals surface area contributed by atoms with Crippen LogP contribution in [0.2, 0.25) is 0 Å². The van der Waals surface area contributed by atoms with Crippen LogP contribution in [0.1, 0.15) is 56.6 Å². The lowest BCUT2D eigenvalue weighted by Crippen LogP contribution is -2.47. The van der Waals surface area contributed by atoms with Crippen molar-refractivity contribution in [3.05, 3.63) is 96.2 Å². The van der Waals surface area contributed by atoms with Crippen LogP contribution in [0.4, 0.5) is 0 Å². The van der Waals surface area contributed by atoms with E-state index in [2.05, 4.69) is 44.9 Å². The van der Waals surface area contributed by atoms with Gasteiger partial charge in [0.05, 0.1) is 0 Å². The Kier molecular flexibility index (Phi) is 10.1. The van der Waals surface area contributed by atoms with Crippen molar-refractivity contribution in [1.29, 1.82) is 0 Å². The van der Waals surface area contributed by atoms with E-state index in [-0.39, 0.29) is 17.6 Å². The molecule has 2 aromatic heterocycles. The van der Waals surface area contributed by atoms with E-state index in [0.29, 0.717) is 38.6 Å². The number of benzene rings is 3. The highest BCUT2D eigenvalue weighted by Gasteiger charge is 2.21. The Balaban J connectivity index is 1.22. The van der Waals surface area contributed by atoms with Gasteiger partial charge < -0.3 is 25.4 Å². The summed E-state index contributed by atoms with van der Waals surface area (Å²) in [6.07, 6.45) is 6.95. The van der Waals surface area contributed by atoms with Crippen LogP contribution in [0.25, 0.3) is 33.1 Å². The van der Waals surface area contributed by atoms with Crippen LogP contribution in [-0.4, -0.2) is 40.2 Å². The fourth-order valence-corrected chi connectivity index (χ4v) is 5.77. The number of unbranched alkanes of at least 4 members (excludes halogenated alkanes) is 2. The van der Waals surface area contributed by atoms with Crippen molar-refractivity contribution in [2.45, 2.75) is 64.3 Å². The molecule has 0 aliphatic heterocycles. The second-order valence-electron chi connectivity index (χ2n) is 11.2. The van der Waals surface area contributed by atoms with E-state index in [4.69, 9.17) is 0 Å². The molecule has 4 N–H and O–H groups in total. The Labute approximate surface area is 252 Å². The highest BCUT2D eigenvalue weighted by atomic mass is 16.2. The Hall–Kier alpha value is -4.65. The lowest BCUT2D eigenvalue weighted by atomic mass is 10.0. The Morgan fingerprint density at radius 2 is 1.49 bits per heavy atom. The van der Waals surface area contributed by atoms with Gasteiger partial charge in [0.1, 0.15) is 11.8 Å². The van der Waals surface area contributed by atoms with Gasteiger partial charge in [-0.1, -0.05) is 79.6 Å². The summed E-state index contributed by atoms with van der Waals surface area (Å²) in [5.74, 6) is -0.141. The first kappa shape index (κ1) is 29.8. The molecule has 0 unspecified atom stereocenters. The third kappa shape index (κ3) is 7.80. The van der Waals surface area contributed by atoms with Crippen molar-refractivity contribution in [3.8, 4) is 11.3 Å². The van der Waals surface area contributed by atoms with Crippen LogP contribution in [0, 0.1) is 0 Å².